The van der Waals surface area contributed by atoms with Crippen LogP contribution in [-0.2, 0) is 4.79 Å². The Morgan fingerprint density at radius 3 is 2.21 bits per heavy atom. The van der Waals surface area contributed by atoms with Gasteiger partial charge in [0.05, 0.1) is 0 Å². The van der Waals surface area contributed by atoms with Crippen LogP contribution in [0, 0.1) is 5.82 Å². The normalized spacial score (nSPS) is 16.9. The van der Waals surface area contributed by atoms with Gasteiger partial charge in [0.15, 0.2) is 0 Å². The summed E-state index contributed by atoms with van der Waals surface area (Å²) >= 11 is 0. The summed E-state index contributed by atoms with van der Waals surface area (Å²) in [5, 5.41) is 0. The van der Waals surface area contributed by atoms with Crippen molar-refractivity contribution < 1.29 is 9.18 Å². The zero-order chi connectivity index (χ0) is 17.1. The molecule has 0 bridgehead atoms. The number of rotatable bonds is 3. The number of hydrogen-bond acceptors (Lipinski definition) is 2. The highest BCUT2D eigenvalue weighted by Gasteiger charge is 2.23. The summed E-state index contributed by atoms with van der Waals surface area (Å²) in [7, 11) is 0. The summed E-state index contributed by atoms with van der Waals surface area (Å²) in [6.45, 7) is 7.15. The average Bonchev–Trinajstić information content (AvgIpc) is 2.62. The van der Waals surface area contributed by atoms with E-state index in [1.807, 2.05) is 23.1 Å². The van der Waals surface area contributed by atoms with E-state index < -0.39 is 0 Å². The summed E-state index contributed by atoms with van der Waals surface area (Å²) in [6.07, 6.45) is 0. The van der Waals surface area contributed by atoms with E-state index in [0.29, 0.717) is 5.56 Å². The molecule has 2 aromatic carbocycles. The first-order chi connectivity index (χ1) is 11.6. The summed E-state index contributed by atoms with van der Waals surface area (Å²) in [4.78, 5) is 15.7. The number of carbonyl (C=O) groups excluding carboxylic acids is 1. The Kier molecular flexibility index (Phi) is 4.95. The van der Waals surface area contributed by atoms with Crippen LogP contribution in [0.5, 0.6) is 0 Å². The lowest BCUT2D eigenvalue weighted by atomic mass is 10.00. The summed E-state index contributed by atoms with van der Waals surface area (Å²) in [5.74, 6) is -0.0461. The van der Waals surface area contributed by atoms with Gasteiger partial charge >= 0.3 is 0 Å². The maximum atomic E-state index is 13.9. The molecule has 1 amide bonds. The third-order valence-corrected chi connectivity index (χ3v) is 4.89. The van der Waals surface area contributed by atoms with Crippen LogP contribution in [0.2, 0.25) is 0 Å². The van der Waals surface area contributed by atoms with Gasteiger partial charge in [-0.05, 0) is 24.1 Å². The standard InChI is InChI=1S/C20H23FN2O/c1-15(22-11-13-23(14-12-22)16(2)24)17-7-9-18(10-8-17)19-5-3-4-6-20(19)21/h3-10,15H,11-14H2,1-2H3. The zero-order valence-electron chi connectivity index (χ0n) is 14.2. The topological polar surface area (TPSA) is 23.6 Å². The smallest absolute Gasteiger partial charge is 0.219 e. The van der Waals surface area contributed by atoms with Crippen LogP contribution < -0.4 is 0 Å². The number of halogens is 1. The highest BCUT2D eigenvalue weighted by Crippen LogP contribution is 2.27. The van der Waals surface area contributed by atoms with E-state index in [1.54, 1.807) is 19.1 Å². The molecule has 24 heavy (non-hydrogen) atoms. The van der Waals surface area contributed by atoms with Gasteiger partial charge in [0, 0.05) is 44.7 Å². The monoisotopic (exact) mass is 326 g/mol. The van der Waals surface area contributed by atoms with Gasteiger partial charge in [-0.1, -0.05) is 42.5 Å². The van der Waals surface area contributed by atoms with Crippen LogP contribution in [-0.4, -0.2) is 41.9 Å². The molecule has 0 spiro atoms. The van der Waals surface area contributed by atoms with Crippen LogP contribution in [0.4, 0.5) is 4.39 Å². The van der Waals surface area contributed by atoms with Crippen LogP contribution >= 0.6 is 0 Å². The molecule has 1 atom stereocenters. The fraction of sp³-hybridized carbons (Fsp3) is 0.350. The van der Waals surface area contributed by atoms with Crippen LogP contribution in [0.1, 0.15) is 25.5 Å². The molecule has 1 heterocycles. The molecule has 3 rings (SSSR count). The molecule has 1 fully saturated rings. The van der Waals surface area contributed by atoms with Gasteiger partial charge in [-0.15, -0.1) is 0 Å². The first-order valence-electron chi connectivity index (χ1n) is 8.40. The Labute approximate surface area is 142 Å². The minimum Gasteiger partial charge on any atom is -0.340 e. The molecule has 0 aromatic heterocycles. The predicted octanol–water partition coefficient (Wildman–Crippen LogP) is 3.72. The van der Waals surface area contributed by atoms with Crippen molar-refractivity contribution in [3.63, 3.8) is 0 Å². The second-order valence-corrected chi connectivity index (χ2v) is 6.32. The molecular weight excluding hydrogens is 303 g/mol. The van der Waals surface area contributed by atoms with Gasteiger partial charge in [0.1, 0.15) is 5.82 Å². The first-order valence-corrected chi connectivity index (χ1v) is 8.40. The molecule has 1 unspecified atom stereocenters. The molecular formula is C20H23FN2O. The zero-order valence-corrected chi connectivity index (χ0v) is 14.2. The molecule has 0 N–H and O–H groups in total. The number of piperazine rings is 1. The van der Waals surface area contributed by atoms with Crippen molar-refractivity contribution in [1.82, 2.24) is 9.80 Å². The molecule has 0 saturated carbocycles. The maximum Gasteiger partial charge on any atom is 0.219 e. The molecule has 1 aliphatic rings. The van der Waals surface area contributed by atoms with Crippen molar-refractivity contribution in [2.75, 3.05) is 26.2 Å². The fourth-order valence-corrected chi connectivity index (χ4v) is 3.27. The van der Waals surface area contributed by atoms with Gasteiger partial charge in [0.25, 0.3) is 0 Å². The van der Waals surface area contributed by atoms with Crippen molar-refractivity contribution in [2.24, 2.45) is 0 Å². The van der Waals surface area contributed by atoms with Gasteiger partial charge in [-0.3, -0.25) is 9.69 Å². The molecule has 1 saturated heterocycles. The largest absolute Gasteiger partial charge is 0.340 e. The number of nitrogens with zero attached hydrogens (tertiary/aromatic N) is 2. The predicted molar refractivity (Wildman–Crippen MR) is 94.1 cm³/mol. The number of benzene rings is 2. The lowest BCUT2D eigenvalue weighted by molar-refractivity contribution is -0.130. The summed E-state index contributed by atoms with van der Waals surface area (Å²) < 4.78 is 13.9. The Hall–Kier alpha value is -2.20. The average molecular weight is 326 g/mol. The minimum atomic E-state index is -0.196. The first kappa shape index (κ1) is 16.7. The van der Waals surface area contributed by atoms with E-state index in [1.165, 1.54) is 11.6 Å². The SMILES string of the molecule is CC(=O)N1CCN(C(C)c2ccc(-c3ccccc3F)cc2)CC1. The van der Waals surface area contributed by atoms with Crippen molar-refractivity contribution in [3.05, 3.63) is 59.9 Å². The van der Waals surface area contributed by atoms with E-state index in [2.05, 4.69) is 24.0 Å². The molecule has 4 heteroatoms. The Morgan fingerprint density at radius 2 is 1.62 bits per heavy atom. The Morgan fingerprint density at radius 1 is 1.00 bits per heavy atom. The molecule has 0 radical (unpaired) electrons. The molecule has 1 aliphatic heterocycles. The van der Waals surface area contributed by atoms with Crippen LogP contribution in [0.3, 0.4) is 0 Å². The molecule has 126 valence electrons. The van der Waals surface area contributed by atoms with Crippen LogP contribution in [0.25, 0.3) is 11.1 Å². The van der Waals surface area contributed by atoms with Crippen molar-refractivity contribution in [3.8, 4) is 11.1 Å². The molecule has 0 aliphatic carbocycles. The number of hydrogen-bond donors (Lipinski definition) is 0. The second-order valence-electron chi connectivity index (χ2n) is 6.32. The summed E-state index contributed by atoms with van der Waals surface area (Å²) in [5.41, 5.74) is 2.74. The van der Waals surface area contributed by atoms with E-state index in [9.17, 15) is 9.18 Å². The van der Waals surface area contributed by atoms with Gasteiger partial charge in [-0.2, -0.15) is 0 Å². The van der Waals surface area contributed by atoms with Crippen molar-refractivity contribution in [1.29, 1.82) is 0 Å². The third-order valence-electron chi connectivity index (χ3n) is 4.89. The Balaban J connectivity index is 1.70. The van der Waals surface area contributed by atoms with E-state index in [4.69, 9.17) is 0 Å². The number of amides is 1. The number of carbonyl (C=O) groups is 1. The van der Waals surface area contributed by atoms with Crippen molar-refractivity contribution in [2.45, 2.75) is 19.9 Å². The van der Waals surface area contributed by atoms with E-state index >= 15 is 0 Å². The van der Waals surface area contributed by atoms with Gasteiger partial charge in [-0.25, -0.2) is 4.39 Å². The van der Waals surface area contributed by atoms with Crippen LogP contribution in [0.15, 0.2) is 48.5 Å². The van der Waals surface area contributed by atoms with E-state index in [-0.39, 0.29) is 17.8 Å². The van der Waals surface area contributed by atoms with E-state index in [0.717, 1.165) is 31.7 Å². The highest BCUT2D eigenvalue weighted by molar-refractivity contribution is 5.73. The quantitative estimate of drug-likeness (QED) is 0.858. The van der Waals surface area contributed by atoms with Crippen molar-refractivity contribution >= 4 is 5.91 Å². The highest BCUT2D eigenvalue weighted by atomic mass is 19.1. The lowest BCUT2D eigenvalue weighted by Crippen LogP contribution is -2.48. The van der Waals surface area contributed by atoms with Gasteiger partial charge in [0.2, 0.25) is 5.91 Å². The maximum absolute atomic E-state index is 13.9. The third kappa shape index (κ3) is 3.49. The second kappa shape index (κ2) is 7.14. The molecule has 3 nitrogen and oxygen atoms in total. The fourth-order valence-electron chi connectivity index (χ4n) is 3.27. The Bertz CT molecular complexity index is 706. The van der Waals surface area contributed by atoms with Gasteiger partial charge < -0.3 is 4.90 Å². The lowest BCUT2D eigenvalue weighted by Gasteiger charge is -2.37. The summed E-state index contributed by atoms with van der Waals surface area (Å²) in [6, 6.07) is 15.2. The minimum absolute atomic E-state index is 0.150. The molecule has 2 aromatic rings.